The Kier molecular flexibility index (Phi) is 4.64. The molecule has 1 N–H and O–H groups in total. The lowest BCUT2D eigenvalue weighted by molar-refractivity contribution is 0.0705. The molecule has 0 radical (unpaired) electrons. The van der Waals surface area contributed by atoms with Gasteiger partial charge in [-0.1, -0.05) is 44.2 Å². The molecule has 0 bridgehead atoms. The van der Waals surface area contributed by atoms with Gasteiger partial charge in [0.15, 0.2) is 0 Å². The Morgan fingerprint density at radius 3 is 2.58 bits per heavy atom. The fourth-order valence-corrected chi connectivity index (χ4v) is 3.01. The molecule has 1 aromatic rings. The van der Waals surface area contributed by atoms with Crippen LogP contribution >= 0.6 is 0 Å². The highest BCUT2D eigenvalue weighted by Gasteiger charge is 2.33. The fourth-order valence-electron chi connectivity index (χ4n) is 3.01. The first-order valence-electron chi connectivity index (χ1n) is 7.51. The van der Waals surface area contributed by atoms with Crippen LogP contribution in [0.1, 0.15) is 33.3 Å². The quantitative estimate of drug-likeness (QED) is 0.895. The molecule has 1 aliphatic rings. The van der Waals surface area contributed by atoms with Gasteiger partial charge in [-0.05, 0) is 31.7 Å². The molecule has 0 aromatic heterocycles. The molecule has 2 rings (SSSR count). The zero-order valence-corrected chi connectivity index (χ0v) is 12.8. The van der Waals surface area contributed by atoms with E-state index in [2.05, 4.69) is 68.2 Å². The molecule has 1 heterocycles. The third-order valence-electron chi connectivity index (χ3n) is 4.16. The Balaban J connectivity index is 1.98. The minimum Gasteiger partial charge on any atom is -0.309 e. The van der Waals surface area contributed by atoms with Crippen molar-refractivity contribution in [1.29, 1.82) is 0 Å². The summed E-state index contributed by atoms with van der Waals surface area (Å²) in [5.41, 5.74) is 1.68. The molecular weight excluding hydrogens is 232 g/mol. The lowest BCUT2D eigenvalue weighted by Gasteiger charge is -2.46. The zero-order valence-electron chi connectivity index (χ0n) is 12.8. The van der Waals surface area contributed by atoms with Crippen molar-refractivity contribution in [1.82, 2.24) is 10.2 Å². The first-order chi connectivity index (χ1) is 8.98. The lowest BCUT2D eigenvalue weighted by atomic mass is 9.92. The molecule has 2 nitrogen and oxygen atoms in total. The van der Waals surface area contributed by atoms with Gasteiger partial charge in [0, 0.05) is 31.2 Å². The molecule has 0 spiro atoms. The smallest absolute Gasteiger partial charge is 0.0252 e. The second kappa shape index (κ2) is 6.06. The first kappa shape index (κ1) is 14.5. The van der Waals surface area contributed by atoms with Crippen LogP contribution in [0.2, 0.25) is 0 Å². The summed E-state index contributed by atoms with van der Waals surface area (Å²) in [6.45, 7) is 12.7. The van der Waals surface area contributed by atoms with E-state index in [9.17, 15) is 0 Å². The maximum atomic E-state index is 3.68. The first-order valence-corrected chi connectivity index (χ1v) is 7.51. The molecular formula is C17H28N2. The maximum absolute atomic E-state index is 3.68. The Morgan fingerprint density at radius 2 is 1.95 bits per heavy atom. The van der Waals surface area contributed by atoms with Gasteiger partial charge in [-0.15, -0.1) is 0 Å². The van der Waals surface area contributed by atoms with Gasteiger partial charge in [-0.3, -0.25) is 4.90 Å². The SMILES string of the molecule is CC(C)C1CNC(C)(C)CN1CCc1ccccc1. The molecule has 19 heavy (non-hydrogen) atoms. The van der Waals surface area contributed by atoms with Crippen molar-refractivity contribution in [2.75, 3.05) is 19.6 Å². The standard InChI is InChI=1S/C17H28N2/c1-14(2)16-12-18-17(3,4)13-19(16)11-10-15-8-6-5-7-9-15/h5-9,14,16,18H,10-13H2,1-4H3. The largest absolute Gasteiger partial charge is 0.309 e. The van der Waals surface area contributed by atoms with Gasteiger partial charge in [0.2, 0.25) is 0 Å². The molecule has 1 unspecified atom stereocenters. The minimum absolute atomic E-state index is 0.238. The topological polar surface area (TPSA) is 15.3 Å². The summed E-state index contributed by atoms with van der Waals surface area (Å²) in [6.07, 6.45) is 1.15. The van der Waals surface area contributed by atoms with Gasteiger partial charge >= 0.3 is 0 Å². The fraction of sp³-hybridized carbons (Fsp3) is 0.647. The minimum atomic E-state index is 0.238. The number of hydrogen-bond acceptors (Lipinski definition) is 2. The average Bonchev–Trinajstić information content (AvgIpc) is 2.36. The third kappa shape index (κ3) is 4.05. The summed E-state index contributed by atoms with van der Waals surface area (Å²) < 4.78 is 0. The van der Waals surface area contributed by atoms with Crippen LogP contribution in [0.15, 0.2) is 30.3 Å². The predicted molar refractivity (Wildman–Crippen MR) is 82.4 cm³/mol. The van der Waals surface area contributed by atoms with Gasteiger partial charge in [-0.25, -0.2) is 0 Å². The van der Waals surface area contributed by atoms with E-state index < -0.39 is 0 Å². The molecule has 1 saturated heterocycles. The Morgan fingerprint density at radius 1 is 1.26 bits per heavy atom. The Hall–Kier alpha value is -0.860. The molecule has 0 amide bonds. The van der Waals surface area contributed by atoms with E-state index in [0.717, 1.165) is 26.1 Å². The van der Waals surface area contributed by atoms with Crippen molar-refractivity contribution in [2.24, 2.45) is 5.92 Å². The summed E-state index contributed by atoms with van der Waals surface area (Å²) in [5.74, 6) is 0.708. The van der Waals surface area contributed by atoms with E-state index in [4.69, 9.17) is 0 Å². The van der Waals surface area contributed by atoms with Crippen molar-refractivity contribution in [3.05, 3.63) is 35.9 Å². The third-order valence-corrected chi connectivity index (χ3v) is 4.16. The number of nitrogens with zero attached hydrogens (tertiary/aromatic N) is 1. The number of hydrogen-bond donors (Lipinski definition) is 1. The average molecular weight is 260 g/mol. The lowest BCUT2D eigenvalue weighted by Crippen LogP contribution is -2.63. The number of rotatable bonds is 4. The normalized spacial score (nSPS) is 23.7. The van der Waals surface area contributed by atoms with E-state index in [1.807, 2.05) is 0 Å². The Bertz CT molecular complexity index is 384. The van der Waals surface area contributed by atoms with E-state index in [1.165, 1.54) is 5.56 Å². The highest BCUT2D eigenvalue weighted by atomic mass is 15.2. The van der Waals surface area contributed by atoms with Crippen LogP contribution in [0.25, 0.3) is 0 Å². The summed E-state index contributed by atoms with van der Waals surface area (Å²) in [5, 5.41) is 3.68. The van der Waals surface area contributed by atoms with Gasteiger partial charge in [0.1, 0.15) is 0 Å². The summed E-state index contributed by atoms with van der Waals surface area (Å²) in [4.78, 5) is 2.67. The molecule has 0 aliphatic carbocycles. The van der Waals surface area contributed by atoms with E-state index in [0.29, 0.717) is 12.0 Å². The Labute approximate surface area is 118 Å². The molecule has 1 aliphatic heterocycles. The van der Waals surface area contributed by atoms with Gasteiger partial charge in [0.25, 0.3) is 0 Å². The molecule has 1 atom stereocenters. The highest BCUT2D eigenvalue weighted by molar-refractivity contribution is 5.15. The van der Waals surface area contributed by atoms with Crippen LogP contribution < -0.4 is 5.32 Å². The van der Waals surface area contributed by atoms with E-state index >= 15 is 0 Å². The van der Waals surface area contributed by atoms with Gasteiger partial charge in [-0.2, -0.15) is 0 Å². The number of piperazine rings is 1. The van der Waals surface area contributed by atoms with Crippen molar-refractivity contribution in [3.63, 3.8) is 0 Å². The summed E-state index contributed by atoms with van der Waals surface area (Å²) in [6, 6.07) is 11.5. The van der Waals surface area contributed by atoms with Crippen LogP contribution in [0.3, 0.4) is 0 Å². The molecule has 1 aromatic carbocycles. The highest BCUT2D eigenvalue weighted by Crippen LogP contribution is 2.20. The van der Waals surface area contributed by atoms with Crippen molar-refractivity contribution < 1.29 is 0 Å². The monoisotopic (exact) mass is 260 g/mol. The van der Waals surface area contributed by atoms with Crippen LogP contribution in [-0.4, -0.2) is 36.1 Å². The van der Waals surface area contributed by atoms with Crippen LogP contribution in [0, 0.1) is 5.92 Å². The number of benzene rings is 1. The molecule has 1 fully saturated rings. The second-order valence-corrected chi connectivity index (χ2v) is 6.78. The van der Waals surface area contributed by atoms with Crippen molar-refractivity contribution in [2.45, 2.75) is 45.7 Å². The van der Waals surface area contributed by atoms with Crippen LogP contribution in [0.5, 0.6) is 0 Å². The molecule has 106 valence electrons. The van der Waals surface area contributed by atoms with Gasteiger partial charge in [0.05, 0.1) is 0 Å². The van der Waals surface area contributed by atoms with E-state index in [1.54, 1.807) is 0 Å². The van der Waals surface area contributed by atoms with Crippen LogP contribution in [-0.2, 0) is 6.42 Å². The van der Waals surface area contributed by atoms with Crippen molar-refractivity contribution in [3.8, 4) is 0 Å². The predicted octanol–water partition coefficient (Wildman–Crippen LogP) is 2.94. The zero-order chi connectivity index (χ0) is 13.9. The van der Waals surface area contributed by atoms with Crippen LogP contribution in [0.4, 0.5) is 0 Å². The maximum Gasteiger partial charge on any atom is 0.0252 e. The number of nitrogens with one attached hydrogen (secondary N) is 1. The van der Waals surface area contributed by atoms with Gasteiger partial charge < -0.3 is 5.32 Å². The molecule has 2 heteroatoms. The van der Waals surface area contributed by atoms with Crippen molar-refractivity contribution >= 4 is 0 Å². The summed E-state index contributed by atoms with van der Waals surface area (Å²) >= 11 is 0. The molecule has 0 saturated carbocycles. The van der Waals surface area contributed by atoms with E-state index in [-0.39, 0.29) is 5.54 Å². The summed E-state index contributed by atoms with van der Waals surface area (Å²) in [7, 11) is 0. The second-order valence-electron chi connectivity index (χ2n) is 6.78.